The van der Waals surface area contributed by atoms with Crippen LogP contribution < -0.4 is 5.32 Å². The molecule has 1 aromatic rings. The molecule has 0 aliphatic carbocycles. The molecule has 1 aliphatic rings. The summed E-state index contributed by atoms with van der Waals surface area (Å²) in [7, 11) is 0. The minimum Gasteiger partial charge on any atom is -0.369 e. The van der Waals surface area contributed by atoms with E-state index in [2.05, 4.69) is 5.32 Å². The average Bonchev–Trinajstić information content (AvgIpc) is 2.14. The number of ether oxygens (including phenoxy) is 1. The first-order valence-electron chi connectivity index (χ1n) is 4.28. The van der Waals surface area contributed by atoms with E-state index < -0.39 is 0 Å². The summed E-state index contributed by atoms with van der Waals surface area (Å²) in [5, 5.41) is 2.72. The molecule has 0 radical (unpaired) electrons. The van der Waals surface area contributed by atoms with Crippen molar-refractivity contribution >= 4 is 6.41 Å². The maximum atomic E-state index is 10.2. The third-order valence-electron chi connectivity index (χ3n) is 2.23. The lowest BCUT2D eigenvalue weighted by atomic mass is 9.99. The van der Waals surface area contributed by atoms with Crippen LogP contribution in [0.1, 0.15) is 11.7 Å². The summed E-state index contributed by atoms with van der Waals surface area (Å²) < 4.78 is 5.36. The summed E-state index contributed by atoms with van der Waals surface area (Å²) >= 11 is 0. The molecule has 2 atom stereocenters. The van der Waals surface area contributed by atoms with E-state index in [0.29, 0.717) is 6.61 Å². The van der Waals surface area contributed by atoms with Crippen molar-refractivity contribution in [2.75, 3.05) is 6.61 Å². The van der Waals surface area contributed by atoms with Gasteiger partial charge in [0.25, 0.3) is 0 Å². The highest BCUT2D eigenvalue weighted by Gasteiger charge is 2.32. The first-order chi connectivity index (χ1) is 6.42. The largest absolute Gasteiger partial charge is 0.369 e. The Morgan fingerprint density at radius 2 is 2.15 bits per heavy atom. The Kier molecular flexibility index (Phi) is 2.27. The Labute approximate surface area is 76.7 Å². The van der Waals surface area contributed by atoms with Crippen LogP contribution in [0.4, 0.5) is 0 Å². The second-order valence-corrected chi connectivity index (χ2v) is 3.06. The van der Waals surface area contributed by atoms with E-state index in [1.165, 1.54) is 0 Å². The molecule has 2 unspecified atom stereocenters. The van der Waals surface area contributed by atoms with E-state index in [1.54, 1.807) is 0 Å². The van der Waals surface area contributed by atoms with Crippen LogP contribution in [-0.2, 0) is 9.53 Å². The van der Waals surface area contributed by atoms with Crippen molar-refractivity contribution in [3.63, 3.8) is 0 Å². The molecule has 1 amide bonds. The molecule has 0 saturated carbocycles. The van der Waals surface area contributed by atoms with Gasteiger partial charge in [0, 0.05) is 0 Å². The fraction of sp³-hybridized carbons (Fsp3) is 0.300. The van der Waals surface area contributed by atoms with Crippen molar-refractivity contribution < 1.29 is 9.53 Å². The van der Waals surface area contributed by atoms with Gasteiger partial charge in [0.2, 0.25) is 6.41 Å². The smallest absolute Gasteiger partial charge is 0.207 e. The number of nitrogens with one attached hydrogen (secondary N) is 1. The maximum Gasteiger partial charge on any atom is 0.207 e. The highest BCUT2D eigenvalue weighted by molar-refractivity contribution is 5.47. The molecule has 0 bridgehead atoms. The van der Waals surface area contributed by atoms with Crippen LogP contribution in [0, 0.1) is 0 Å². The van der Waals surface area contributed by atoms with E-state index >= 15 is 0 Å². The van der Waals surface area contributed by atoms with Crippen LogP contribution in [0.15, 0.2) is 30.3 Å². The van der Waals surface area contributed by atoms with Gasteiger partial charge in [-0.15, -0.1) is 0 Å². The normalized spacial score (nSPS) is 26.2. The third-order valence-corrected chi connectivity index (χ3v) is 2.23. The standard InChI is InChI=1S/C10H11NO2/c12-7-11-9-6-13-10(9)8-4-2-1-3-5-8/h1-5,7,9-10H,6H2,(H,11,12). The number of amides is 1. The summed E-state index contributed by atoms with van der Waals surface area (Å²) in [4.78, 5) is 10.2. The predicted molar refractivity (Wildman–Crippen MR) is 48.1 cm³/mol. The Bertz CT molecular complexity index is 286. The molecule has 1 aromatic carbocycles. The Morgan fingerprint density at radius 3 is 2.69 bits per heavy atom. The molecule has 1 fully saturated rings. The van der Waals surface area contributed by atoms with E-state index in [0.717, 1.165) is 12.0 Å². The van der Waals surface area contributed by atoms with Crippen molar-refractivity contribution in [1.82, 2.24) is 5.32 Å². The summed E-state index contributed by atoms with van der Waals surface area (Å²) in [6.45, 7) is 0.609. The van der Waals surface area contributed by atoms with Gasteiger partial charge in [-0.25, -0.2) is 0 Å². The van der Waals surface area contributed by atoms with Crippen LogP contribution in [0.5, 0.6) is 0 Å². The molecule has 13 heavy (non-hydrogen) atoms. The first kappa shape index (κ1) is 8.26. The number of hydrogen-bond acceptors (Lipinski definition) is 2. The lowest BCUT2D eigenvalue weighted by Crippen LogP contribution is -2.47. The van der Waals surface area contributed by atoms with Crippen LogP contribution in [0.25, 0.3) is 0 Å². The third kappa shape index (κ3) is 1.55. The average molecular weight is 177 g/mol. The molecule has 3 heteroatoms. The first-order valence-corrected chi connectivity index (χ1v) is 4.28. The van der Waals surface area contributed by atoms with Gasteiger partial charge in [0.05, 0.1) is 12.6 Å². The van der Waals surface area contributed by atoms with Crippen molar-refractivity contribution in [3.8, 4) is 0 Å². The molecule has 0 spiro atoms. The summed E-state index contributed by atoms with van der Waals surface area (Å²) in [5.41, 5.74) is 1.12. The van der Waals surface area contributed by atoms with E-state index in [4.69, 9.17) is 4.74 Å². The number of carbonyl (C=O) groups excluding carboxylic acids is 1. The molecular formula is C10H11NO2. The number of rotatable bonds is 3. The predicted octanol–water partition coefficient (Wildman–Crippen LogP) is 0.872. The minimum absolute atomic E-state index is 0.0337. The van der Waals surface area contributed by atoms with Crippen LogP contribution in [0.2, 0.25) is 0 Å². The van der Waals surface area contributed by atoms with Gasteiger partial charge in [-0.3, -0.25) is 4.79 Å². The van der Waals surface area contributed by atoms with Gasteiger partial charge in [-0.1, -0.05) is 30.3 Å². The van der Waals surface area contributed by atoms with Gasteiger partial charge in [-0.05, 0) is 5.56 Å². The SMILES string of the molecule is O=CNC1COC1c1ccccc1. The van der Waals surface area contributed by atoms with Gasteiger partial charge in [0.15, 0.2) is 0 Å². The summed E-state index contributed by atoms with van der Waals surface area (Å²) in [6.07, 6.45) is 0.759. The molecule has 1 saturated heterocycles. The van der Waals surface area contributed by atoms with Gasteiger partial charge < -0.3 is 10.1 Å². The Hall–Kier alpha value is -1.35. The highest BCUT2D eigenvalue weighted by Crippen LogP contribution is 2.29. The minimum atomic E-state index is 0.0337. The zero-order chi connectivity index (χ0) is 9.10. The second kappa shape index (κ2) is 3.58. The van der Waals surface area contributed by atoms with Crippen molar-refractivity contribution in [1.29, 1.82) is 0 Å². The molecule has 0 aromatic heterocycles. The van der Waals surface area contributed by atoms with E-state index in [-0.39, 0.29) is 12.1 Å². The number of hydrogen-bond donors (Lipinski definition) is 1. The Morgan fingerprint density at radius 1 is 1.38 bits per heavy atom. The molecule has 1 heterocycles. The highest BCUT2D eigenvalue weighted by atomic mass is 16.5. The van der Waals surface area contributed by atoms with Gasteiger partial charge in [0.1, 0.15) is 6.10 Å². The van der Waals surface area contributed by atoms with Crippen LogP contribution in [-0.4, -0.2) is 19.1 Å². The maximum absolute atomic E-state index is 10.2. The lowest BCUT2D eigenvalue weighted by molar-refractivity contribution is -0.122. The molecule has 68 valence electrons. The van der Waals surface area contributed by atoms with Crippen LogP contribution >= 0.6 is 0 Å². The number of carbonyl (C=O) groups is 1. The second-order valence-electron chi connectivity index (χ2n) is 3.06. The molecule has 1 aliphatic heterocycles. The zero-order valence-corrected chi connectivity index (χ0v) is 7.14. The van der Waals surface area contributed by atoms with E-state index in [1.807, 2.05) is 30.3 Å². The Balaban J connectivity index is 2.06. The van der Waals surface area contributed by atoms with E-state index in [9.17, 15) is 4.79 Å². The van der Waals surface area contributed by atoms with Crippen molar-refractivity contribution in [2.45, 2.75) is 12.1 Å². The topological polar surface area (TPSA) is 38.3 Å². The lowest BCUT2D eigenvalue weighted by Gasteiger charge is -2.36. The molecule has 2 rings (SSSR count). The molecular weight excluding hydrogens is 166 g/mol. The monoisotopic (exact) mass is 177 g/mol. The summed E-state index contributed by atoms with van der Waals surface area (Å²) in [5.74, 6) is 0. The van der Waals surface area contributed by atoms with Gasteiger partial charge >= 0.3 is 0 Å². The molecule has 3 nitrogen and oxygen atoms in total. The fourth-order valence-electron chi connectivity index (χ4n) is 1.48. The van der Waals surface area contributed by atoms with Crippen LogP contribution in [0.3, 0.4) is 0 Å². The number of benzene rings is 1. The van der Waals surface area contributed by atoms with Crippen molar-refractivity contribution in [3.05, 3.63) is 35.9 Å². The zero-order valence-electron chi connectivity index (χ0n) is 7.14. The summed E-state index contributed by atoms with van der Waals surface area (Å²) in [6, 6.07) is 10.0. The van der Waals surface area contributed by atoms with Gasteiger partial charge in [-0.2, -0.15) is 0 Å². The molecule has 1 N–H and O–H groups in total. The fourth-order valence-corrected chi connectivity index (χ4v) is 1.48. The quantitative estimate of drug-likeness (QED) is 0.696. The van der Waals surface area contributed by atoms with Crippen molar-refractivity contribution in [2.24, 2.45) is 0 Å².